The summed E-state index contributed by atoms with van der Waals surface area (Å²) in [7, 11) is 1.53. The number of halogens is 3. The van der Waals surface area contributed by atoms with Crippen LogP contribution in [-0.4, -0.2) is 13.9 Å². The Morgan fingerprint density at radius 3 is 2.09 bits per heavy atom. The molecule has 0 spiro atoms. The van der Waals surface area contributed by atoms with Crippen LogP contribution in [0.5, 0.6) is 5.75 Å². The number of benzene rings is 2. The third-order valence-corrected chi connectivity index (χ3v) is 7.82. The van der Waals surface area contributed by atoms with E-state index in [9.17, 15) is 13.2 Å². The van der Waals surface area contributed by atoms with Gasteiger partial charge in [-0.3, -0.25) is 0 Å². The summed E-state index contributed by atoms with van der Waals surface area (Å²) in [5, 5.41) is -0.114. The molecule has 0 aliphatic carbocycles. The normalized spacial score (nSPS) is 14.7. The molecule has 0 N–H and O–H groups in total. The third-order valence-electron chi connectivity index (χ3n) is 5.76. The highest BCUT2D eigenvalue weighted by Gasteiger charge is 2.39. The molecule has 2 atom stereocenters. The van der Waals surface area contributed by atoms with Gasteiger partial charge in [-0.1, -0.05) is 85.5 Å². The third kappa shape index (κ3) is 6.05. The molecule has 0 aromatic heterocycles. The Balaban J connectivity index is 2.80. The molecule has 2 aromatic carbocycles. The molecule has 2 rings (SSSR count). The molecular weight excluding hydrogens is 432 g/mol. The average molecular weight is 469 g/mol. The summed E-state index contributed by atoms with van der Waals surface area (Å²) >= 11 is 0. The van der Waals surface area contributed by atoms with Gasteiger partial charge in [-0.25, -0.2) is 0 Å². The van der Waals surface area contributed by atoms with Crippen LogP contribution in [0.4, 0.5) is 13.2 Å². The van der Waals surface area contributed by atoms with E-state index in [4.69, 9.17) is 9.47 Å². The zero-order valence-electron chi connectivity index (χ0n) is 20.2. The first-order valence-corrected chi connectivity index (χ1v) is 12.1. The number of rotatable bonds is 9. The van der Waals surface area contributed by atoms with Crippen LogP contribution in [-0.2, 0) is 21.5 Å². The van der Waals surface area contributed by atoms with Crippen molar-refractivity contribution in [2.75, 3.05) is 13.9 Å². The van der Waals surface area contributed by atoms with Crippen LogP contribution in [0.25, 0.3) is 0 Å². The largest absolute Gasteiger partial charge is 0.467 e. The zero-order valence-corrected chi connectivity index (χ0v) is 21.2. The standard InChI is InChI=1S/C26H36F3O2P/c1-8-14-25(9-2,32-22-13-11-10-12-19(22)26(27,28)29)21-16-18(3)15-20(24(4,5)6)23(21)31-17-30-7/h10-13,15-16,32H,8-9,14,17H2,1-7H3. The maximum Gasteiger partial charge on any atom is 0.417 e. The minimum atomic E-state index is -4.38. The van der Waals surface area contributed by atoms with Crippen molar-refractivity contribution in [1.82, 2.24) is 0 Å². The molecule has 0 heterocycles. The molecule has 2 unspecified atom stereocenters. The summed E-state index contributed by atoms with van der Waals surface area (Å²) < 4.78 is 52.8. The Bertz CT molecular complexity index is 903. The van der Waals surface area contributed by atoms with Gasteiger partial charge in [0.05, 0.1) is 5.56 Å². The highest BCUT2D eigenvalue weighted by atomic mass is 31.1. The molecule has 32 heavy (non-hydrogen) atoms. The quantitative estimate of drug-likeness (QED) is 0.277. The van der Waals surface area contributed by atoms with Gasteiger partial charge in [-0.05, 0) is 36.6 Å². The molecule has 2 aromatic rings. The lowest BCUT2D eigenvalue weighted by atomic mass is 9.80. The summed E-state index contributed by atoms with van der Waals surface area (Å²) in [5.74, 6) is 0.747. The van der Waals surface area contributed by atoms with Gasteiger partial charge in [-0.15, -0.1) is 0 Å². The first-order chi connectivity index (χ1) is 14.9. The summed E-state index contributed by atoms with van der Waals surface area (Å²) in [6.45, 7) is 12.7. The Morgan fingerprint density at radius 2 is 1.56 bits per heavy atom. The van der Waals surface area contributed by atoms with Crippen LogP contribution in [0.1, 0.15) is 76.1 Å². The molecule has 2 nitrogen and oxygen atoms in total. The fourth-order valence-corrected chi connectivity index (χ4v) is 6.13. The summed E-state index contributed by atoms with van der Waals surface area (Å²) in [6.07, 6.45) is -2.04. The van der Waals surface area contributed by atoms with Crippen molar-refractivity contribution in [2.45, 2.75) is 77.6 Å². The second-order valence-corrected chi connectivity index (χ2v) is 11.1. The van der Waals surface area contributed by atoms with E-state index in [-0.39, 0.29) is 20.8 Å². The first-order valence-electron chi connectivity index (χ1n) is 11.1. The zero-order chi connectivity index (χ0) is 24.2. The van der Waals surface area contributed by atoms with Gasteiger partial charge < -0.3 is 9.47 Å². The van der Waals surface area contributed by atoms with Crippen LogP contribution >= 0.6 is 8.58 Å². The molecule has 0 amide bonds. The topological polar surface area (TPSA) is 18.5 Å². The van der Waals surface area contributed by atoms with E-state index in [0.29, 0.717) is 11.7 Å². The van der Waals surface area contributed by atoms with Gasteiger partial charge in [0.1, 0.15) is 5.75 Å². The second kappa shape index (κ2) is 10.6. The molecule has 178 valence electrons. The van der Waals surface area contributed by atoms with Gasteiger partial charge in [0.2, 0.25) is 0 Å². The van der Waals surface area contributed by atoms with Gasteiger partial charge >= 0.3 is 6.18 Å². The van der Waals surface area contributed by atoms with Crippen molar-refractivity contribution >= 4 is 13.9 Å². The maximum absolute atomic E-state index is 13.8. The number of hydrogen-bond donors (Lipinski definition) is 0. The van der Waals surface area contributed by atoms with Crippen LogP contribution in [0, 0.1) is 6.92 Å². The predicted octanol–water partition coefficient (Wildman–Crippen LogP) is 7.70. The van der Waals surface area contributed by atoms with Crippen LogP contribution in [0.2, 0.25) is 0 Å². The van der Waals surface area contributed by atoms with Gasteiger partial charge in [-0.2, -0.15) is 13.2 Å². The fraction of sp³-hybridized carbons (Fsp3) is 0.538. The minimum absolute atomic E-state index is 0.0407. The maximum atomic E-state index is 13.8. The monoisotopic (exact) mass is 468 g/mol. The Hall–Kier alpha value is -1.58. The van der Waals surface area contributed by atoms with E-state index < -0.39 is 16.9 Å². The number of aryl methyl sites for hydroxylation is 1. The van der Waals surface area contributed by atoms with E-state index in [1.54, 1.807) is 19.2 Å². The van der Waals surface area contributed by atoms with Crippen molar-refractivity contribution in [3.05, 3.63) is 58.7 Å². The van der Waals surface area contributed by atoms with Crippen molar-refractivity contribution in [2.24, 2.45) is 0 Å². The highest BCUT2D eigenvalue weighted by Crippen LogP contribution is 2.54. The van der Waals surface area contributed by atoms with E-state index in [1.807, 2.05) is 6.92 Å². The molecule has 0 aliphatic heterocycles. The molecule has 0 radical (unpaired) electrons. The SMILES string of the molecule is CCCC(CC)(Pc1ccccc1C(F)(F)F)c1cc(C)cc(C(C)(C)C)c1OCOC. The van der Waals surface area contributed by atoms with Crippen LogP contribution in [0.15, 0.2) is 36.4 Å². The second-order valence-electron chi connectivity index (χ2n) is 9.34. The van der Waals surface area contributed by atoms with Crippen LogP contribution in [0.3, 0.4) is 0 Å². The van der Waals surface area contributed by atoms with Crippen molar-refractivity contribution < 1.29 is 22.6 Å². The van der Waals surface area contributed by atoms with Gasteiger partial charge in [0.15, 0.2) is 6.79 Å². The molecule has 0 saturated carbocycles. The first kappa shape index (κ1) is 26.7. The van der Waals surface area contributed by atoms with E-state index in [0.717, 1.165) is 35.3 Å². The predicted molar refractivity (Wildman–Crippen MR) is 129 cm³/mol. The Labute approximate surface area is 192 Å². The summed E-state index contributed by atoms with van der Waals surface area (Å²) in [5.41, 5.74) is 2.38. The Kier molecular flexibility index (Phi) is 8.81. The molecule has 0 aliphatic rings. The number of alkyl halides is 3. The van der Waals surface area contributed by atoms with E-state index >= 15 is 0 Å². The summed E-state index contributed by atoms with van der Waals surface area (Å²) in [6, 6.07) is 10.2. The van der Waals surface area contributed by atoms with E-state index in [1.165, 1.54) is 12.1 Å². The van der Waals surface area contributed by atoms with Crippen molar-refractivity contribution in [3.63, 3.8) is 0 Å². The average Bonchev–Trinajstić information content (AvgIpc) is 2.70. The Morgan fingerprint density at radius 1 is 0.938 bits per heavy atom. The molecule has 0 saturated heterocycles. The van der Waals surface area contributed by atoms with Gasteiger partial charge in [0.25, 0.3) is 0 Å². The molecule has 0 fully saturated rings. The number of hydrogen-bond acceptors (Lipinski definition) is 2. The number of methoxy groups -OCH3 is 1. The lowest BCUT2D eigenvalue weighted by Gasteiger charge is -2.38. The lowest BCUT2D eigenvalue weighted by molar-refractivity contribution is -0.136. The molecular formula is C26H36F3O2P. The van der Waals surface area contributed by atoms with E-state index in [2.05, 4.69) is 46.8 Å². The molecule has 0 bridgehead atoms. The van der Waals surface area contributed by atoms with Crippen LogP contribution < -0.4 is 10.0 Å². The smallest absolute Gasteiger partial charge is 0.417 e. The van der Waals surface area contributed by atoms with Gasteiger partial charge in [0, 0.05) is 23.4 Å². The molecule has 6 heteroatoms. The van der Waals surface area contributed by atoms with Crippen molar-refractivity contribution in [3.8, 4) is 5.75 Å². The summed E-state index contributed by atoms with van der Waals surface area (Å²) in [4.78, 5) is 0. The number of ether oxygens (including phenoxy) is 2. The lowest BCUT2D eigenvalue weighted by Crippen LogP contribution is -2.28. The highest BCUT2D eigenvalue weighted by molar-refractivity contribution is 7.48. The van der Waals surface area contributed by atoms with Crippen molar-refractivity contribution in [1.29, 1.82) is 0 Å². The minimum Gasteiger partial charge on any atom is -0.467 e. The fourth-order valence-electron chi connectivity index (χ4n) is 4.20.